The normalized spacial score (nSPS) is 20.5. The van der Waals surface area contributed by atoms with Crippen molar-refractivity contribution < 1.29 is 9.59 Å². The van der Waals surface area contributed by atoms with Crippen molar-refractivity contribution in [3.63, 3.8) is 0 Å². The molecule has 1 heterocycles. The topological polar surface area (TPSA) is 89.4 Å². The van der Waals surface area contributed by atoms with E-state index in [-0.39, 0.29) is 5.91 Å². The molecule has 1 fully saturated rings. The number of nitrogens with zero attached hydrogens (tertiary/aromatic N) is 1. The van der Waals surface area contributed by atoms with E-state index in [0.717, 1.165) is 24.0 Å². The van der Waals surface area contributed by atoms with Gasteiger partial charge in [0.1, 0.15) is 12.1 Å². The van der Waals surface area contributed by atoms with E-state index in [9.17, 15) is 9.59 Å². The largest absolute Gasteiger partial charge is 0.368 e. The van der Waals surface area contributed by atoms with Crippen LogP contribution in [0.4, 0.5) is 0 Å². The van der Waals surface area contributed by atoms with E-state index in [1.165, 1.54) is 4.90 Å². The quantitative estimate of drug-likeness (QED) is 0.857. The lowest BCUT2D eigenvalue weighted by atomic mass is 9.98. The van der Waals surface area contributed by atoms with Crippen molar-refractivity contribution in [1.82, 2.24) is 4.90 Å². The Morgan fingerprint density at radius 2 is 1.90 bits per heavy atom. The van der Waals surface area contributed by atoms with Gasteiger partial charge in [-0.15, -0.1) is 0 Å². The molecule has 0 bridgehead atoms. The van der Waals surface area contributed by atoms with Gasteiger partial charge in [-0.25, -0.2) is 0 Å². The summed E-state index contributed by atoms with van der Waals surface area (Å²) in [5.41, 5.74) is 13.3. The number of hydrogen-bond acceptors (Lipinski definition) is 3. The molecule has 1 aliphatic heterocycles. The van der Waals surface area contributed by atoms with Gasteiger partial charge in [-0.1, -0.05) is 29.8 Å². The highest BCUT2D eigenvalue weighted by Gasteiger charge is 2.33. The minimum Gasteiger partial charge on any atom is -0.368 e. The van der Waals surface area contributed by atoms with Crippen LogP contribution in [0.15, 0.2) is 24.3 Å². The van der Waals surface area contributed by atoms with E-state index < -0.39 is 18.0 Å². The number of carbonyl (C=O) groups excluding carboxylic acids is 2. The molecule has 0 aliphatic carbocycles. The SMILES string of the molecule is Cc1ccc(C(N)C(=O)N2CCCCC2C(N)=O)cc1. The van der Waals surface area contributed by atoms with Gasteiger partial charge >= 0.3 is 0 Å². The standard InChI is InChI=1S/C15H21N3O2/c1-10-5-7-11(8-6-10)13(16)15(20)18-9-3-2-4-12(18)14(17)19/h5-8,12-13H,2-4,9,16H2,1H3,(H2,17,19). The average Bonchev–Trinajstić information content (AvgIpc) is 2.46. The van der Waals surface area contributed by atoms with Crippen LogP contribution in [-0.4, -0.2) is 29.3 Å². The average molecular weight is 275 g/mol. The molecule has 1 aromatic rings. The summed E-state index contributed by atoms with van der Waals surface area (Å²) in [6.07, 6.45) is 2.43. The van der Waals surface area contributed by atoms with Crippen molar-refractivity contribution >= 4 is 11.8 Å². The van der Waals surface area contributed by atoms with Crippen LogP contribution in [0.2, 0.25) is 0 Å². The number of rotatable bonds is 3. The number of hydrogen-bond donors (Lipinski definition) is 2. The van der Waals surface area contributed by atoms with Crippen molar-refractivity contribution in [2.24, 2.45) is 11.5 Å². The first-order valence-corrected chi connectivity index (χ1v) is 6.92. The number of likely N-dealkylation sites (tertiary alicyclic amines) is 1. The maximum absolute atomic E-state index is 12.5. The number of primary amides is 1. The molecule has 4 N–H and O–H groups in total. The molecule has 5 nitrogen and oxygen atoms in total. The first-order chi connectivity index (χ1) is 9.50. The zero-order valence-corrected chi connectivity index (χ0v) is 11.7. The predicted molar refractivity (Wildman–Crippen MR) is 76.7 cm³/mol. The van der Waals surface area contributed by atoms with Crippen LogP contribution in [0.3, 0.4) is 0 Å². The Hall–Kier alpha value is -1.88. The molecule has 20 heavy (non-hydrogen) atoms. The highest BCUT2D eigenvalue weighted by molar-refractivity contribution is 5.89. The number of carbonyl (C=O) groups is 2. The molecular formula is C15H21N3O2. The number of amides is 2. The highest BCUT2D eigenvalue weighted by Crippen LogP contribution is 2.21. The van der Waals surface area contributed by atoms with Crippen LogP contribution < -0.4 is 11.5 Å². The zero-order chi connectivity index (χ0) is 14.7. The fourth-order valence-electron chi connectivity index (χ4n) is 2.59. The lowest BCUT2D eigenvalue weighted by molar-refractivity contribution is -0.142. The van der Waals surface area contributed by atoms with Crippen LogP contribution in [0.5, 0.6) is 0 Å². The molecule has 108 valence electrons. The van der Waals surface area contributed by atoms with Gasteiger partial charge in [-0.3, -0.25) is 9.59 Å². The summed E-state index contributed by atoms with van der Waals surface area (Å²) in [7, 11) is 0. The second-order valence-corrected chi connectivity index (χ2v) is 5.33. The molecule has 2 atom stereocenters. The fraction of sp³-hybridized carbons (Fsp3) is 0.467. The van der Waals surface area contributed by atoms with Crippen molar-refractivity contribution in [1.29, 1.82) is 0 Å². The highest BCUT2D eigenvalue weighted by atomic mass is 16.2. The van der Waals surface area contributed by atoms with Crippen LogP contribution in [-0.2, 0) is 9.59 Å². The molecule has 1 aliphatic rings. The molecule has 0 saturated carbocycles. The van der Waals surface area contributed by atoms with Gasteiger partial charge in [0.2, 0.25) is 11.8 Å². The molecule has 0 aromatic heterocycles. The van der Waals surface area contributed by atoms with E-state index in [1.807, 2.05) is 31.2 Å². The summed E-state index contributed by atoms with van der Waals surface area (Å²) >= 11 is 0. The predicted octanol–water partition coefficient (Wildman–Crippen LogP) is 0.861. The summed E-state index contributed by atoms with van der Waals surface area (Å²) in [5.74, 6) is -0.675. The maximum atomic E-state index is 12.5. The molecule has 5 heteroatoms. The summed E-state index contributed by atoms with van der Waals surface area (Å²) in [6.45, 7) is 2.52. The van der Waals surface area contributed by atoms with Gasteiger partial charge in [0, 0.05) is 6.54 Å². The first-order valence-electron chi connectivity index (χ1n) is 6.92. The van der Waals surface area contributed by atoms with E-state index in [0.29, 0.717) is 13.0 Å². The van der Waals surface area contributed by atoms with Gasteiger partial charge in [0.15, 0.2) is 0 Å². The van der Waals surface area contributed by atoms with Gasteiger partial charge < -0.3 is 16.4 Å². The Morgan fingerprint density at radius 1 is 1.25 bits per heavy atom. The molecule has 2 amide bonds. The third-order valence-corrected chi connectivity index (χ3v) is 3.82. The first kappa shape index (κ1) is 14.5. The maximum Gasteiger partial charge on any atom is 0.244 e. The van der Waals surface area contributed by atoms with Crippen molar-refractivity contribution in [3.8, 4) is 0 Å². The minimum absolute atomic E-state index is 0.225. The second-order valence-electron chi connectivity index (χ2n) is 5.33. The van der Waals surface area contributed by atoms with Gasteiger partial charge in [0.05, 0.1) is 0 Å². The summed E-state index contributed by atoms with van der Waals surface area (Å²) in [4.78, 5) is 25.5. The molecule has 1 saturated heterocycles. The third kappa shape index (κ3) is 2.99. The van der Waals surface area contributed by atoms with Crippen LogP contribution in [0.25, 0.3) is 0 Å². The molecule has 2 unspecified atom stereocenters. The Kier molecular flexibility index (Phi) is 4.39. The van der Waals surface area contributed by atoms with E-state index in [4.69, 9.17) is 11.5 Å². The molecule has 2 rings (SSSR count). The minimum atomic E-state index is -0.740. The van der Waals surface area contributed by atoms with Crippen molar-refractivity contribution in [3.05, 3.63) is 35.4 Å². The Labute approximate surface area is 118 Å². The number of nitrogens with two attached hydrogens (primary N) is 2. The van der Waals surface area contributed by atoms with E-state index >= 15 is 0 Å². The van der Waals surface area contributed by atoms with Crippen molar-refractivity contribution in [2.45, 2.75) is 38.3 Å². The monoisotopic (exact) mass is 275 g/mol. The van der Waals surface area contributed by atoms with Gasteiger partial charge in [0.25, 0.3) is 0 Å². The van der Waals surface area contributed by atoms with E-state index in [1.54, 1.807) is 0 Å². The molecule has 0 spiro atoms. The second kappa shape index (κ2) is 6.05. The zero-order valence-electron chi connectivity index (χ0n) is 11.7. The lowest BCUT2D eigenvalue weighted by Crippen LogP contribution is -2.52. The van der Waals surface area contributed by atoms with Crippen molar-refractivity contribution in [2.75, 3.05) is 6.54 Å². The molecular weight excluding hydrogens is 254 g/mol. The lowest BCUT2D eigenvalue weighted by Gasteiger charge is -2.35. The van der Waals surface area contributed by atoms with E-state index in [2.05, 4.69) is 0 Å². The van der Waals surface area contributed by atoms with Crippen LogP contribution in [0, 0.1) is 6.92 Å². The Balaban J connectivity index is 2.16. The number of benzene rings is 1. The molecule has 0 radical (unpaired) electrons. The smallest absolute Gasteiger partial charge is 0.244 e. The summed E-state index contributed by atoms with van der Waals surface area (Å²) in [6, 6.07) is 6.28. The summed E-state index contributed by atoms with van der Waals surface area (Å²) < 4.78 is 0. The van der Waals surface area contributed by atoms with Gasteiger partial charge in [-0.05, 0) is 31.7 Å². The Bertz CT molecular complexity index is 498. The van der Waals surface area contributed by atoms with Gasteiger partial charge in [-0.2, -0.15) is 0 Å². The number of piperidine rings is 1. The fourth-order valence-corrected chi connectivity index (χ4v) is 2.59. The number of aryl methyl sites for hydroxylation is 1. The Morgan fingerprint density at radius 3 is 2.50 bits per heavy atom. The third-order valence-electron chi connectivity index (χ3n) is 3.82. The summed E-state index contributed by atoms with van der Waals surface area (Å²) in [5, 5.41) is 0. The van der Waals surface area contributed by atoms with Crippen LogP contribution >= 0.6 is 0 Å². The van der Waals surface area contributed by atoms with Crippen LogP contribution in [0.1, 0.15) is 36.4 Å². The molecule has 1 aromatic carbocycles.